The molecule has 0 atom stereocenters. The van der Waals surface area contributed by atoms with Gasteiger partial charge in [0.1, 0.15) is 17.0 Å². The van der Waals surface area contributed by atoms with Crippen molar-refractivity contribution in [1.29, 1.82) is 0 Å². The molecule has 196 valence electrons. The molecule has 2 N–H and O–H groups in total. The van der Waals surface area contributed by atoms with Gasteiger partial charge in [0.25, 0.3) is 0 Å². The molecule has 36 heavy (non-hydrogen) atoms. The van der Waals surface area contributed by atoms with Crippen LogP contribution in [-0.2, 0) is 20.7 Å². The summed E-state index contributed by atoms with van der Waals surface area (Å²) in [6, 6.07) is 8.10. The lowest BCUT2D eigenvalue weighted by Gasteiger charge is -2.09. The Labute approximate surface area is 216 Å². The fraction of sp³-hybridized carbons (Fsp3) is 0.533. The molecule has 6 nitrogen and oxygen atoms in total. The zero-order valence-corrected chi connectivity index (χ0v) is 22.5. The summed E-state index contributed by atoms with van der Waals surface area (Å²) in [6.45, 7) is 8.66. The van der Waals surface area contributed by atoms with Crippen LogP contribution in [0, 0.1) is 6.92 Å². The van der Waals surface area contributed by atoms with Gasteiger partial charge in [-0.15, -0.1) is 0 Å². The Balaban J connectivity index is 1.68. The maximum absolute atomic E-state index is 12.9. The third-order valence-corrected chi connectivity index (χ3v) is 6.39. The fourth-order valence-electron chi connectivity index (χ4n) is 4.54. The summed E-state index contributed by atoms with van der Waals surface area (Å²) in [5.74, 6) is 0.0428. The predicted molar refractivity (Wildman–Crippen MR) is 147 cm³/mol. The molecule has 3 heterocycles. The molecule has 0 unspecified atom stereocenters. The molecule has 2 aromatic rings. The lowest BCUT2D eigenvalue weighted by atomic mass is 10.1. The number of aryl methyl sites for hydroxylation is 2. The third kappa shape index (κ3) is 7.74. The molecule has 0 aliphatic carbocycles. The highest BCUT2D eigenvalue weighted by Crippen LogP contribution is 2.32. The quantitative estimate of drug-likeness (QED) is 0.189. The Morgan fingerprint density at radius 1 is 0.889 bits per heavy atom. The van der Waals surface area contributed by atoms with Crippen LogP contribution in [-0.4, -0.2) is 34.9 Å². The van der Waals surface area contributed by atoms with Gasteiger partial charge >= 0.3 is 5.97 Å². The number of carbonyl (C=O) groups excluding carboxylic acids is 1. The number of nitrogens with one attached hydrogen (secondary N) is 2. The molecule has 3 rings (SSSR count). The van der Waals surface area contributed by atoms with Crippen LogP contribution in [0.1, 0.15) is 101 Å². The fourth-order valence-corrected chi connectivity index (χ4v) is 4.54. The largest absolute Gasteiger partial charge is 0.491 e. The van der Waals surface area contributed by atoms with E-state index in [-0.39, 0.29) is 6.61 Å². The molecule has 0 radical (unpaired) electrons. The van der Waals surface area contributed by atoms with E-state index in [0.29, 0.717) is 29.3 Å². The summed E-state index contributed by atoms with van der Waals surface area (Å²) >= 11 is 0. The number of H-pyrrole nitrogens is 2. The highest BCUT2D eigenvalue weighted by atomic mass is 16.5. The van der Waals surface area contributed by atoms with Crippen molar-refractivity contribution in [3.63, 3.8) is 0 Å². The molecule has 0 bridgehead atoms. The maximum atomic E-state index is 12.9. The Kier molecular flexibility index (Phi) is 11.1. The Morgan fingerprint density at radius 2 is 1.61 bits per heavy atom. The van der Waals surface area contributed by atoms with Gasteiger partial charge in [-0.3, -0.25) is 0 Å². The summed E-state index contributed by atoms with van der Waals surface area (Å²) < 4.78 is 11.3. The van der Waals surface area contributed by atoms with Crippen LogP contribution in [0.4, 0.5) is 0 Å². The van der Waals surface area contributed by atoms with E-state index in [2.05, 4.69) is 29.0 Å². The van der Waals surface area contributed by atoms with Gasteiger partial charge in [-0.1, -0.05) is 58.3 Å². The number of aromatic amines is 2. The first kappa shape index (κ1) is 27.6. The lowest BCUT2D eigenvalue weighted by Crippen LogP contribution is -2.17. The van der Waals surface area contributed by atoms with Crippen molar-refractivity contribution < 1.29 is 14.3 Å². The SMILES string of the molecule is CCCCCCCCCCCc1ccc(C=C2N=C(c3ccc(C)[nH]3)C(C(=O)OCC)=C2OCC)[nH]1. The second-order valence-electron chi connectivity index (χ2n) is 9.42. The number of unbranched alkanes of at least 4 members (excludes halogenated alkanes) is 8. The number of rotatable bonds is 16. The first-order chi connectivity index (χ1) is 17.6. The van der Waals surface area contributed by atoms with Gasteiger partial charge in [0.2, 0.25) is 0 Å². The minimum atomic E-state index is -0.423. The molecule has 0 spiro atoms. The zero-order valence-electron chi connectivity index (χ0n) is 22.5. The Bertz CT molecular complexity index is 1070. The average Bonchev–Trinajstić information content (AvgIpc) is 3.58. The second-order valence-corrected chi connectivity index (χ2v) is 9.42. The molecule has 1 aliphatic rings. The van der Waals surface area contributed by atoms with Gasteiger partial charge in [-0.25, -0.2) is 9.79 Å². The highest BCUT2D eigenvalue weighted by Gasteiger charge is 2.33. The van der Waals surface area contributed by atoms with E-state index >= 15 is 0 Å². The van der Waals surface area contributed by atoms with E-state index in [1.165, 1.54) is 63.5 Å². The van der Waals surface area contributed by atoms with Crippen LogP contribution in [0.25, 0.3) is 6.08 Å². The van der Waals surface area contributed by atoms with Crippen molar-refractivity contribution in [3.05, 3.63) is 64.1 Å². The van der Waals surface area contributed by atoms with Crippen molar-refractivity contribution in [2.75, 3.05) is 13.2 Å². The second kappa shape index (κ2) is 14.5. The van der Waals surface area contributed by atoms with Crippen molar-refractivity contribution in [2.24, 2.45) is 4.99 Å². The minimum absolute atomic E-state index is 0.288. The number of aromatic nitrogens is 2. The summed E-state index contributed by atoms with van der Waals surface area (Å²) in [5, 5.41) is 0. The minimum Gasteiger partial charge on any atom is -0.491 e. The van der Waals surface area contributed by atoms with E-state index in [1.807, 2.05) is 32.1 Å². The topological polar surface area (TPSA) is 79.5 Å². The summed E-state index contributed by atoms with van der Waals surface area (Å²) in [5.41, 5.74) is 5.48. The van der Waals surface area contributed by atoms with E-state index in [4.69, 9.17) is 14.5 Å². The molecule has 0 amide bonds. The first-order valence-electron chi connectivity index (χ1n) is 13.8. The van der Waals surface area contributed by atoms with Crippen LogP contribution in [0.3, 0.4) is 0 Å². The summed E-state index contributed by atoms with van der Waals surface area (Å²) in [7, 11) is 0. The van der Waals surface area contributed by atoms with Crippen molar-refractivity contribution >= 4 is 17.8 Å². The van der Waals surface area contributed by atoms with Crippen molar-refractivity contribution in [3.8, 4) is 0 Å². The number of ether oxygens (including phenoxy) is 2. The van der Waals surface area contributed by atoms with Gasteiger partial charge in [-0.2, -0.15) is 0 Å². The highest BCUT2D eigenvalue weighted by molar-refractivity contribution is 6.29. The number of carbonyl (C=O) groups is 1. The first-order valence-corrected chi connectivity index (χ1v) is 13.8. The van der Waals surface area contributed by atoms with E-state index in [9.17, 15) is 4.79 Å². The van der Waals surface area contributed by atoms with Crippen LogP contribution in [0.15, 0.2) is 46.3 Å². The standard InChI is InChI=1S/C30H43N3O3/c1-5-8-9-10-11-12-13-14-15-16-23-18-19-24(32-23)21-26-29(35-6-2)27(30(34)36-7-3)28(33-26)25-20-17-22(4)31-25/h17-21,31-32H,5-16H2,1-4H3. The predicted octanol–water partition coefficient (Wildman–Crippen LogP) is 7.42. The summed E-state index contributed by atoms with van der Waals surface area (Å²) in [6.07, 6.45) is 14.9. The lowest BCUT2D eigenvalue weighted by molar-refractivity contribution is -0.138. The molecule has 0 fully saturated rings. The zero-order chi connectivity index (χ0) is 25.8. The van der Waals surface area contributed by atoms with Gasteiger partial charge in [0, 0.05) is 17.1 Å². The number of aliphatic imine (C=N–C) groups is 1. The van der Waals surface area contributed by atoms with Crippen LogP contribution >= 0.6 is 0 Å². The van der Waals surface area contributed by atoms with Crippen LogP contribution < -0.4 is 0 Å². The number of nitrogens with zero attached hydrogens (tertiary/aromatic N) is 1. The average molecular weight is 494 g/mol. The van der Waals surface area contributed by atoms with Crippen molar-refractivity contribution in [1.82, 2.24) is 9.97 Å². The smallest absolute Gasteiger partial charge is 0.344 e. The van der Waals surface area contributed by atoms with E-state index in [1.54, 1.807) is 6.92 Å². The molecular weight excluding hydrogens is 450 g/mol. The van der Waals surface area contributed by atoms with Gasteiger partial charge < -0.3 is 19.4 Å². The molecule has 0 aromatic carbocycles. The van der Waals surface area contributed by atoms with E-state index < -0.39 is 5.97 Å². The van der Waals surface area contributed by atoms with Crippen LogP contribution in [0.5, 0.6) is 0 Å². The maximum Gasteiger partial charge on any atom is 0.344 e. The van der Waals surface area contributed by atoms with Gasteiger partial charge in [0.15, 0.2) is 5.76 Å². The van der Waals surface area contributed by atoms with Crippen LogP contribution in [0.2, 0.25) is 0 Å². The summed E-state index contributed by atoms with van der Waals surface area (Å²) in [4.78, 5) is 24.5. The molecule has 0 saturated carbocycles. The third-order valence-electron chi connectivity index (χ3n) is 6.39. The number of esters is 1. The van der Waals surface area contributed by atoms with Gasteiger partial charge in [0.05, 0.1) is 18.9 Å². The van der Waals surface area contributed by atoms with E-state index in [0.717, 1.165) is 23.5 Å². The molecule has 6 heteroatoms. The van der Waals surface area contributed by atoms with Gasteiger partial charge in [-0.05, 0) is 64.0 Å². The normalized spacial score (nSPS) is 14.6. The van der Waals surface area contributed by atoms with Crippen molar-refractivity contribution in [2.45, 2.75) is 91.9 Å². The number of hydrogen-bond donors (Lipinski definition) is 2. The molecule has 1 aliphatic heterocycles. The number of hydrogen-bond acceptors (Lipinski definition) is 4. The molecular formula is C30H43N3O3. The molecule has 0 saturated heterocycles. The monoisotopic (exact) mass is 493 g/mol. The Hall–Kier alpha value is -3.02. The Morgan fingerprint density at radius 3 is 2.25 bits per heavy atom. The molecule has 2 aromatic heterocycles.